The largest absolute Gasteiger partial charge is 0.366 e. The second-order valence-electron chi connectivity index (χ2n) is 4.97. The molecule has 0 fully saturated rings. The smallest absolute Gasteiger partial charge is 0.249 e. The van der Waals surface area contributed by atoms with Crippen molar-refractivity contribution in [3.05, 3.63) is 65.0 Å². The van der Waals surface area contributed by atoms with E-state index in [1.165, 1.54) is 11.1 Å². The lowest BCUT2D eigenvalue weighted by Gasteiger charge is -2.26. The van der Waals surface area contributed by atoms with Crippen molar-refractivity contribution in [1.82, 2.24) is 4.98 Å². The minimum Gasteiger partial charge on any atom is -0.366 e. The Bertz CT molecular complexity index is 622. The molecule has 1 heterocycles. The summed E-state index contributed by atoms with van der Waals surface area (Å²) in [6, 6.07) is 10.2. The monoisotopic (exact) mass is 252 g/mol. The minimum atomic E-state index is -0.375. The lowest BCUT2D eigenvalue weighted by Crippen LogP contribution is -2.18. The van der Waals surface area contributed by atoms with Crippen LogP contribution in [0.4, 0.5) is 0 Å². The summed E-state index contributed by atoms with van der Waals surface area (Å²) in [5, 5.41) is 0. The number of carbonyl (C=O) groups is 1. The Morgan fingerprint density at radius 3 is 2.89 bits per heavy atom. The topological polar surface area (TPSA) is 56.0 Å². The minimum absolute atomic E-state index is 0.237. The van der Waals surface area contributed by atoms with Gasteiger partial charge in [0.15, 0.2) is 0 Å². The number of nitrogens with zero attached hydrogens (tertiary/aromatic N) is 1. The van der Waals surface area contributed by atoms with Crippen molar-refractivity contribution in [2.75, 3.05) is 0 Å². The molecule has 0 unspecified atom stereocenters. The molecule has 3 heteroatoms. The molecular weight excluding hydrogens is 236 g/mol. The van der Waals surface area contributed by atoms with Crippen molar-refractivity contribution in [3.8, 4) is 0 Å². The first kappa shape index (κ1) is 11.9. The number of benzene rings is 1. The summed E-state index contributed by atoms with van der Waals surface area (Å²) in [6.45, 7) is 0. The molecule has 0 saturated heterocycles. The summed E-state index contributed by atoms with van der Waals surface area (Å²) >= 11 is 0. The molecule has 96 valence electrons. The van der Waals surface area contributed by atoms with Gasteiger partial charge in [-0.15, -0.1) is 0 Å². The normalized spacial score (nSPS) is 17.8. The average Bonchev–Trinajstić information content (AvgIpc) is 2.46. The Labute approximate surface area is 112 Å². The van der Waals surface area contributed by atoms with Crippen LogP contribution in [0.1, 0.15) is 45.8 Å². The fourth-order valence-electron chi connectivity index (χ4n) is 2.99. The third kappa shape index (κ3) is 2.12. The van der Waals surface area contributed by atoms with E-state index < -0.39 is 0 Å². The molecule has 0 saturated carbocycles. The molecule has 2 aromatic rings. The molecule has 1 atom stereocenters. The number of aryl methyl sites for hydroxylation is 1. The molecule has 3 nitrogen and oxygen atoms in total. The summed E-state index contributed by atoms with van der Waals surface area (Å²) in [4.78, 5) is 15.7. The molecule has 2 N–H and O–H groups in total. The number of primary amides is 1. The first-order valence-electron chi connectivity index (χ1n) is 6.59. The predicted octanol–water partition coefficient (Wildman–Crippen LogP) is 2.65. The van der Waals surface area contributed by atoms with E-state index in [2.05, 4.69) is 29.2 Å². The molecule has 1 aromatic heterocycles. The summed E-state index contributed by atoms with van der Waals surface area (Å²) in [6.07, 6.45) is 6.70. The number of amides is 1. The summed E-state index contributed by atoms with van der Waals surface area (Å²) in [7, 11) is 0. The zero-order valence-corrected chi connectivity index (χ0v) is 10.7. The van der Waals surface area contributed by atoms with Crippen molar-refractivity contribution in [2.45, 2.75) is 25.2 Å². The van der Waals surface area contributed by atoms with Crippen molar-refractivity contribution in [1.29, 1.82) is 0 Å². The quantitative estimate of drug-likeness (QED) is 0.893. The third-order valence-electron chi connectivity index (χ3n) is 3.86. The lowest BCUT2D eigenvalue weighted by atomic mass is 9.78. The van der Waals surface area contributed by atoms with E-state index in [0.29, 0.717) is 5.56 Å². The van der Waals surface area contributed by atoms with E-state index in [-0.39, 0.29) is 11.8 Å². The summed E-state index contributed by atoms with van der Waals surface area (Å²) < 4.78 is 0. The molecule has 0 aliphatic heterocycles. The fraction of sp³-hybridized carbons (Fsp3) is 0.250. The standard InChI is InChI=1S/C16H16N2O/c17-16(19)14-8-9-18-10-15(14)13-7-3-5-11-4-1-2-6-12(11)13/h1-2,4,6,8-10,13H,3,5,7H2,(H2,17,19)/t13-/m0/s1. The SMILES string of the molecule is NC(=O)c1ccncc1[C@H]1CCCc2ccccc21. The van der Waals surface area contributed by atoms with Crippen molar-refractivity contribution in [2.24, 2.45) is 5.73 Å². The fourth-order valence-corrected chi connectivity index (χ4v) is 2.99. The third-order valence-corrected chi connectivity index (χ3v) is 3.86. The molecule has 0 radical (unpaired) electrons. The number of aromatic nitrogens is 1. The van der Waals surface area contributed by atoms with E-state index in [1.807, 2.05) is 0 Å². The number of nitrogens with two attached hydrogens (primary N) is 1. The van der Waals surface area contributed by atoms with Crippen molar-refractivity contribution >= 4 is 5.91 Å². The molecule has 0 bridgehead atoms. The van der Waals surface area contributed by atoms with Gasteiger partial charge in [-0.25, -0.2) is 0 Å². The lowest BCUT2D eigenvalue weighted by molar-refractivity contribution is 0.0999. The van der Waals surface area contributed by atoms with Gasteiger partial charge < -0.3 is 5.73 Å². The number of rotatable bonds is 2. The zero-order valence-electron chi connectivity index (χ0n) is 10.7. The van der Waals surface area contributed by atoms with Gasteiger partial charge in [0.1, 0.15) is 0 Å². The Kier molecular flexibility index (Phi) is 3.03. The molecule has 1 aliphatic carbocycles. The van der Waals surface area contributed by atoms with Gasteiger partial charge in [-0.05, 0) is 42.0 Å². The van der Waals surface area contributed by atoms with Crippen LogP contribution < -0.4 is 5.73 Å². The van der Waals surface area contributed by atoms with Crippen LogP contribution in [0.2, 0.25) is 0 Å². The van der Waals surface area contributed by atoms with Gasteiger partial charge in [0.25, 0.3) is 0 Å². The first-order valence-corrected chi connectivity index (χ1v) is 6.59. The van der Waals surface area contributed by atoms with Gasteiger partial charge in [0.05, 0.1) is 0 Å². The maximum Gasteiger partial charge on any atom is 0.249 e. The highest BCUT2D eigenvalue weighted by Gasteiger charge is 2.24. The van der Waals surface area contributed by atoms with Gasteiger partial charge in [0.2, 0.25) is 5.91 Å². The van der Waals surface area contributed by atoms with Crippen LogP contribution in [-0.4, -0.2) is 10.9 Å². The van der Waals surface area contributed by atoms with E-state index in [4.69, 9.17) is 5.73 Å². The van der Waals surface area contributed by atoms with Crippen LogP contribution in [0, 0.1) is 0 Å². The van der Waals surface area contributed by atoms with Crippen LogP contribution in [0.25, 0.3) is 0 Å². The second-order valence-corrected chi connectivity index (χ2v) is 4.97. The maximum absolute atomic E-state index is 11.6. The van der Waals surface area contributed by atoms with E-state index >= 15 is 0 Å². The van der Waals surface area contributed by atoms with E-state index in [0.717, 1.165) is 24.8 Å². The number of hydrogen-bond donors (Lipinski definition) is 1. The Morgan fingerprint density at radius 1 is 1.21 bits per heavy atom. The van der Waals surface area contributed by atoms with Gasteiger partial charge in [-0.1, -0.05) is 24.3 Å². The maximum atomic E-state index is 11.6. The van der Waals surface area contributed by atoms with Crippen LogP contribution >= 0.6 is 0 Å². The molecule has 0 spiro atoms. The predicted molar refractivity (Wildman–Crippen MR) is 74.0 cm³/mol. The van der Waals surface area contributed by atoms with Crippen LogP contribution in [0.5, 0.6) is 0 Å². The van der Waals surface area contributed by atoms with Crippen LogP contribution in [0.3, 0.4) is 0 Å². The number of pyridine rings is 1. The van der Waals surface area contributed by atoms with Crippen molar-refractivity contribution in [3.63, 3.8) is 0 Å². The molecule has 3 rings (SSSR count). The van der Waals surface area contributed by atoms with E-state index in [1.54, 1.807) is 18.5 Å². The molecule has 19 heavy (non-hydrogen) atoms. The van der Waals surface area contributed by atoms with Crippen LogP contribution in [-0.2, 0) is 6.42 Å². The Hall–Kier alpha value is -2.16. The average molecular weight is 252 g/mol. The second kappa shape index (κ2) is 4.84. The summed E-state index contributed by atoms with van der Waals surface area (Å²) in [5.41, 5.74) is 9.71. The Balaban J connectivity index is 2.12. The van der Waals surface area contributed by atoms with Crippen LogP contribution in [0.15, 0.2) is 42.7 Å². The van der Waals surface area contributed by atoms with E-state index in [9.17, 15) is 4.79 Å². The van der Waals surface area contributed by atoms with Gasteiger partial charge in [-0.3, -0.25) is 9.78 Å². The molecule has 1 aromatic carbocycles. The van der Waals surface area contributed by atoms with Gasteiger partial charge in [-0.2, -0.15) is 0 Å². The molecular formula is C16H16N2O. The number of carbonyl (C=O) groups excluding carboxylic acids is 1. The highest BCUT2D eigenvalue weighted by Crippen LogP contribution is 2.37. The summed E-state index contributed by atoms with van der Waals surface area (Å²) in [5.74, 6) is -0.137. The zero-order chi connectivity index (χ0) is 13.2. The number of fused-ring (bicyclic) bond motifs is 1. The number of hydrogen-bond acceptors (Lipinski definition) is 2. The Morgan fingerprint density at radius 2 is 2.05 bits per heavy atom. The highest BCUT2D eigenvalue weighted by molar-refractivity contribution is 5.94. The first-order chi connectivity index (χ1) is 9.27. The van der Waals surface area contributed by atoms with Gasteiger partial charge in [0, 0.05) is 23.9 Å². The van der Waals surface area contributed by atoms with Crippen molar-refractivity contribution < 1.29 is 4.79 Å². The highest BCUT2D eigenvalue weighted by atomic mass is 16.1. The molecule has 1 aliphatic rings. The molecule has 1 amide bonds. The van der Waals surface area contributed by atoms with Gasteiger partial charge >= 0.3 is 0 Å².